The van der Waals surface area contributed by atoms with Crippen LogP contribution < -0.4 is 5.32 Å². The van der Waals surface area contributed by atoms with Crippen molar-refractivity contribution in [1.29, 1.82) is 0 Å². The van der Waals surface area contributed by atoms with Gasteiger partial charge in [-0.2, -0.15) is 0 Å². The Hall–Kier alpha value is -1.38. The molecule has 0 unspecified atom stereocenters. The summed E-state index contributed by atoms with van der Waals surface area (Å²) in [5, 5.41) is 2.68. The van der Waals surface area contributed by atoms with Crippen LogP contribution in [0.4, 0.5) is 14.5 Å². The molecule has 0 amide bonds. The molecule has 0 radical (unpaired) electrons. The van der Waals surface area contributed by atoms with Crippen molar-refractivity contribution in [2.75, 3.05) is 11.9 Å². The average Bonchev–Trinajstić information content (AvgIpc) is 2.16. The topological polar surface area (TPSA) is 12.0 Å². The highest BCUT2D eigenvalue weighted by Gasteiger charge is 2.06. The molecule has 0 atom stereocenters. The summed E-state index contributed by atoms with van der Waals surface area (Å²) in [4.78, 5) is 0. The molecule has 1 N–H and O–H groups in total. The molecular formula is C11H13F2N. The predicted octanol–water partition coefficient (Wildman–Crippen LogP) is 3.34. The van der Waals surface area contributed by atoms with E-state index in [0.29, 0.717) is 6.54 Å². The van der Waals surface area contributed by atoms with Gasteiger partial charge in [0.1, 0.15) is 17.3 Å². The van der Waals surface area contributed by atoms with Gasteiger partial charge in [-0.1, -0.05) is 25.1 Å². The van der Waals surface area contributed by atoms with E-state index in [4.69, 9.17) is 0 Å². The van der Waals surface area contributed by atoms with Crippen LogP contribution in [0.2, 0.25) is 0 Å². The van der Waals surface area contributed by atoms with Crippen molar-refractivity contribution >= 4 is 5.69 Å². The Bertz CT molecular complexity index is 314. The van der Waals surface area contributed by atoms with Gasteiger partial charge in [-0.3, -0.25) is 0 Å². The Balaban J connectivity index is 2.71. The Labute approximate surface area is 82.4 Å². The third-order valence-electron chi connectivity index (χ3n) is 1.98. The zero-order chi connectivity index (χ0) is 10.6. The largest absolute Gasteiger partial charge is 0.377 e. The minimum absolute atomic E-state index is 0.0814. The first-order chi connectivity index (χ1) is 6.65. The van der Waals surface area contributed by atoms with Gasteiger partial charge in [-0.05, 0) is 18.6 Å². The lowest BCUT2D eigenvalue weighted by Gasteiger charge is -2.08. The van der Waals surface area contributed by atoms with Crippen molar-refractivity contribution in [2.24, 2.45) is 0 Å². The number of para-hydroxylation sites is 1. The molecule has 0 heterocycles. The summed E-state index contributed by atoms with van der Waals surface area (Å²) in [6.07, 6.45) is 0.795. The van der Waals surface area contributed by atoms with Crippen molar-refractivity contribution in [1.82, 2.24) is 0 Å². The Morgan fingerprint density at radius 1 is 1.36 bits per heavy atom. The van der Waals surface area contributed by atoms with Gasteiger partial charge in [-0.25, -0.2) is 8.78 Å². The van der Waals surface area contributed by atoms with Crippen LogP contribution in [0, 0.1) is 11.6 Å². The molecule has 0 aliphatic rings. The van der Waals surface area contributed by atoms with Gasteiger partial charge in [0.05, 0.1) is 0 Å². The molecule has 1 nitrogen and oxygen atoms in total. The van der Waals surface area contributed by atoms with E-state index in [-0.39, 0.29) is 5.69 Å². The minimum Gasteiger partial charge on any atom is -0.377 e. The summed E-state index contributed by atoms with van der Waals surface area (Å²) >= 11 is 0. The van der Waals surface area contributed by atoms with Gasteiger partial charge in [0.25, 0.3) is 0 Å². The van der Waals surface area contributed by atoms with Crippen molar-refractivity contribution in [3.63, 3.8) is 0 Å². The van der Waals surface area contributed by atoms with E-state index in [1.54, 1.807) is 0 Å². The maximum absolute atomic E-state index is 13.1. The van der Waals surface area contributed by atoms with Crippen LogP contribution in [-0.2, 0) is 0 Å². The minimum atomic E-state index is -0.575. The fraction of sp³-hybridized carbons (Fsp3) is 0.273. The second kappa shape index (κ2) is 4.74. The first-order valence-electron chi connectivity index (χ1n) is 4.49. The van der Waals surface area contributed by atoms with Gasteiger partial charge in [0.15, 0.2) is 0 Å². The molecular weight excluding hydrogens is 184 g/mol. The van der Waals surface area contributed by atoms with Crippen LogP contribution in [0.5, 0.6) is 0 Å². The van der Waals surface area contributed by atoms with E-state index < -0.39 is 11.6 Å². The van der Waals surface area contributed by atoms with E-state index in [9.17, 15) is 8.78 Å². The zero-order valence-electron chi connectivity index (χ0n) is 8.11. The fourth-order valence-corrected chi connectivity index (χ4v) is 1.01. The average molecular weight is 197 g/mol. The molecule has 0 fully saturated rings. The van der Waals surface area contributed by atoms with Crippen molar-refractivity contribution in [2.45, 2.75) is 13.3 Å². The number of hydrogen-bond acceptors (Lipinski definition) is 1. The van der Waals surface area contributed by atoms with Gasteiger partial charge in [-0.15, -0.1) is 0 Å². The first-order valence-corrected chi connectivity index (χ1v) is 4.49. The van der Waals surface area contributed by atoms with Crippen LogP contribution in [0.1, 0.15) is 13.3 Å². The van der Waals surface area contributed by atoms with Crippen LogP contribution in [0.15, 0.2) is 30.4 Å². The lowest BCUT2D eigenvalue weighted by Crippen LogP contribution is -2.06. The van der Waals surface area contributed by atoms with Crippen LogP contribution in [0.3, 0.4) is 0 Å². The van der Waals surface area contributed by atoms with E-state index in [2.05, 4.69) is 11.9 Å². The smallest absolute Gasteiger partial charge is 0.149 e. The summed E-state index contributed by atoms with van der Waals surface area (Å²) in [6.45, 7) is 6.08. The molecule has 3 heteroatoms. The number of benzene rings is 1. The fourth-order valence-electron chi connectivity index (χ4n) is 1.01. The second-order valence-electron chi connectivity index (χ2n) is 3.05. The molecule has 1 rings (SSSR count). The summed E-state index contributed by atoms with van der Waals surface area (Å²) in [6, 6.07) is 3.78. The summed E-state index contributed by atoms with van der Waals surface area (Å²) < 4.78 is 26.1. The summed E-state index contributed by atoms with van der Waals surface area (Å²) in [5.74, 6) is -1.15. The number of anilines is 1. The Morgan fingerprint density at radius 2 is 1.93 bits per heavy atom. The number of nitrogens with one attached hydrogen (secondary N) is 1. The SMILES string of the molecule is C=C(CC)CNc1c(F)cccc1F. The van der Waals surface area contributed by atoms with E-state index in [1.807, 2.05) is 6.92 Å². The van der Waals surface area contributed by atoms with Crippen LogP contribution in [0.25, 0.3) is 0 Å². The third-order valence-corrected chi connectivity index (χ3v) is 1.98. The van der Waals surface area contributed by atoms with Gasteiger partial charge in [0, 0.05) is 6.54 Å². The monoisotopic (exact) mass is 197 g/mol. The third kappa shape index (κ3) is 2.55. The lowest BCUT2D eigenvalue weighted by atomic mass is 10.2. The Kier molecular flexibility index (Phi) is 3.63. The van der Waals surface area contributed by atoms with E-state index in [0.717, 1.165) is 12.0 Å². The molecule has 0 aromatic heterocycles. The summed E-state index contributed by atoms with van der Waals surface area (Å²) in [7, 11) is 0. The summed E-state index contributed by atoms with van der Waals surface area (Å²) in [5.41, 5.74) is 0.828. The maximum Gasteiger partial charge on any atom is 0.149 e. The van der Waals surface area contributed by atoms with Gasteiger partial charge < -0.3 is 5.32 Å². The first kappa shape index (κ1) is 10.7. The molecule has 0 aliphatic heterocycles. The van der Waals surface area contributed by atoms with Crippen molar-refractivity contribution in [3.05, 3.63) is 42.0 Å². The van der Waals surface area contributed by atoms with Crippen molar-refractivity contribution in [3.8, 4) is 0 Å². The molecule has 0 aliphatic carbocycles. The lowest BCUT2D eigenvalue weighted by molar-refractivity contribution is 0.589. The molecule has 1 aromatic rings. The molecule has 1 aromatic carbocycles. The van der Waals surface area contributed by atoms with Crippen LogP contribution in [-0.4, -0.2) is 6.54 Å². The number of hydrogen-bond donors (Lipinski definition) is 1. The van der Waals surface area contributed by atoms with Crippen molar-refractivity contribution < 1.29 is 8.78 Å². The second-order valence-corrected chi connectivity index (χ2v) is 3.05. The standard InChI is InChI=1S/C11H13F2N/c1-3-8(2)7-14-11-9(12)5-4-6-10(11)13/h4-6,14H,2-3,7H2,1H3. The van der Waals surface area contributed by atoms with Gasteiger partial charge in [0.2, 0.25) is 0 Å². The Morgan fingerprint density at radius 3 is 2.43 bits per heavy atom. The zero-order valence-corrected chi connectivity index (χ0v) is 8.11. The number of halogens is 2. The molecule has 0 saturated carbocycles. The van der Waals surface area contributed by atoms with Gasteiger partial charge >= 0.3 is 0 Å². The highest BCUT2D eigenvalue weighted by atomic mass is 19.1. The normalized spacial score (nSPS) is 9.93. The highest BCUT2D eigenvalue weighted by molar-refractivity contribution is 5.46. The molecule has 0 saturated heterocycles. The predicted molar refractivity (Wildman–Crippen MR) is 54.3 cm³/mol. The molecule has 76 valence electrons. The maximum atomic E-state index is 13.1. The highest BCUT2D eigenvalue weighted by Crippen LogP contribution is 2.18. The van der Waals surface area contributed by atoms with E-state index in [1.165, 1.54) is 18.2 Å². The molecule has 14 heavy (non-hydrogen) atoms. The van der Waals surface area contributed by atoms with Crippen LogP contribution >= 0.6 is 0 Å². The molecule has 0 bridgehead atoms. The van der Waals surface area contributed by atoms with E-state index >= 15 is 0 Å². The molecule has 0 spiro atoms. The number of rotatable bonds is 4. The quantitative estimate of drug-likeness (QED) is 0.730.